The first-order valence-corrected chi connectivity index (χ1v) is 7.18. The fourth-order valence-corrected chi connectivity index (χ4v) is 2.42. The lowest BCUT2D eigenvalue weighted by Crippen LogP contribution is -2.45. The highest BCUT2D eigenvalue weighted by Crippen LogP contribution is 2.25. The highest BCUT2D eigenvalue weighted by Gasteiger charge is 2.31. The SMILES string of the molecule is CC(C)c1ccc(CCNC(=O)C2CC(N)C2)cc1. The molecule has 3 nitrogen and oxygen atoms in total. The normalized spacial score (nSPS) is 22.1. The molecule has 0 bridgehead atoms. The largest absolute Gasteiger partial charge is 0.356 e. The van der Waals surface area contributed by atoms with Crippen molar-refractivity contribution in [2.45, 2.75) is 45.1 Å². The van der Waals surface area contributed by atoms with Crippen LogP contribution >= 0.6 is 0 Å². The van der Waals surface area contributed by atoms with Gasteiger partial charge in [-0.3, -0.25) is 4.79 Å². The number of hydrogen-bond donors (Lipinski definition) is 2. The molecule has 0 aliphatic heterocycles. The van der Waals surface area contributed by atoms with Crippen LogP contribution in [0.15, 0.2) is 24.3 Å². The Bertz CT molecular complexity index is 419. The van der Waals surface area contributed by atoms with E-state index in [4.69, 9.17) is 5.73 Å². The molecule has 0 saturated heterocycles. The van der Waals surface area contributed by atoms with Crippen molar-refractivity contribution in [3.8, 4) is 0 Å². The van der Waals surface area contributed by atoms with E-state index in [0.717, 1.165) is 19.3 Å². The van der Waals surface area contributed by atoms with E-state index in [0.29, 0.717) is 12.5 Å². The fraction of sp³-hybridized carbons (Fsp3) is 0.562. The Kier molecular flexibility index (Phi) is 4.59. The summed E-state index contributed by atoms with van der Waals surface area (Å²) in [5, 5.41) is 3.00. The maximum atomic E-state index is 11.7. The third kappa shape index (κ3) is 3.80. The zero-order valence-electron chi connectivity index (χ0n) is 11.9. The second kappa shape index (κ2) is 6.20. The molecule has 0 spiro atoms. The molecule has 104 valence electrons. The van der Waals surface area contributed by atoms with Crippen LogP contribution in [0.25, 0.3) is 0 Å². The van der Waals surface area contributed by atoms with Crippen LogP contribution in [0.5, 0.6) is 0 Å². The van der Waals surface area contributed by atoms with Gasteiger partial charge >= 0.3 is 0 Å². The summed E-state index contributed by atoms with van der Waals surface area (Å²) < 4.78 is 0. The lowest BCUT2D eigenvalue weighted by molar-refractivity contribution is -0.127. The maximum absolute atomic E-state index is 11.7. The first-order chi connectivity index (χ1) is 9.06. The molecule has 0 heterocycles. The summed E-state index contributed by atoms with van der Waals surface area (Å²) in [6.45, 7) is 5.10. The minimum absolute atomic E-state index is 0.151. The standard InChI is InChI=1S/C16H24N2O/c1-11(2)13-5-3-12(4-6-13)7-8-18-16(19)14-9-15(17)10-14/h3-6,11,14-15H,7-10,17H2,1-2H3,(H,18,19). The fourth-order valence-electron chi connectivity index (χ4n) is 2.42. The van der Waals surface area contributed by atoms with E-state index < -0.39 is 0 Å². The number of nitrogens with two attached hydrogens (primary N) is 1. The quantitative estimate of drug-likeness (QED) is 0.853. The third-order valence-corrected chi connectivity index (χ3v) is 3.90. The van der Waals surface area contributed by atoms with Crippen molar-refractivity contribution in [2.75, 3.05) is 6.54 Å². The Morgan fingerprint density at radius 2 is 1.95 bits per heavy atom. The Hall–Kier alpha value is -1.35. The van der Waals surface area contributed by atoms with Crippen LogP contribution < -0.4 is 11.1 Å². The number of rotatable bonds is 5. The van der Waals surface area contributed by atoms with Crippen LogP contribution in [0.2, 0.25) is 0 Å². The number of nitrogens with one attached hydrogen (secondary N) is 1. The van der Waals surface area contributed by atoms with Crippen LogP contribution in [0.1, 0.15) is 43.7 Å². The van der Waals surface area contributed by atoms with E-state index >= 15 is 0 Å². The third-order valence-electron chi connectivity index (χ3n) is 3.90. The molecular formula is C16H24N2O. The Morgan fingerprint density at radius 3 is 2.47 bits per heavy atom. The molecule has 3 N–H and O–H groups in total. The topological polar surface area (TPSA) is 55.1 Å². The van der Waals surface area contributed by atoms with Crippen molar-refractivity contribution in [1.29, 1.82) is 0 Å². The molecule has 3 heteroatoms. The minimum Gasteiger partial charge on any atom is -0.356 e. The molecule has 1 fully saturated rings. The van der Waals surface area contributed by atoms with Gasteiger partial charge in [-0.15, -0.1) is 0 Å². The van der Waals surface area contributed by atoms with Crippen LogP contribution in [0.4, 0.5) is 0 Å². The summed E-state index contributed by atoms with van der Waals surface area (Å²) in [5.74, 6) is 0.885. The predicted molar refractivity (Wildman–Crippen MR) is 77.9 cm³/mol. The van der Waals surface area contributed by atoms with E-state index in [1.807, 2.05) is 0 Å². The van der Waals surface area contributed by atoms with Crippen LogP contribution in [-0.2, 0) is 11.2 Å². The molecule has 1 aromatic carbocycles. The van der Waals surface area contributed by atoms with E-state index in [1.165, 1.54) is 11.1 Å². The second-order valence-electron chi connectivity index (χ2n) is 5.87. The van der Waals surface area contributed by atoms with Crippen molar-refractivity contribution < 1.29 is 4.79 Å². The number of hydrogen-bond acceptors (Lipinski definition) is 2. The number of carbonyl (C=O) groups is 1. The summed E-state index contributed by atoms with van der Waals surface area (Å²) in [7, 11) is 0. The zero-order chi connectivity index (χ0) is 13.8. The highest BCUT2D eigenvalue weighted by molar-refractivity contribution is 5.79. The molecule has 2 rings (SSSR count). The molecule has 0 unspecified atom stereocenters. The molecule has 0 radical (unpaired) electrons. The molecule has 0 aromatic heterocycles. The Morgan fingerprint density at radius 1 is 1.32 bits per heavy atom. The van der Waals surface area contributed by atoms with Crippen molar-refractivity contribution in [3.63, 3.8) is 0 Å². The number of benzene rings is 1. The van der Waals surface area contributed by atoms with Crippen molar-refractivity contribution in [1.82, 2.24) is 5.32 Å². The van der Waals surface area contributed by atoms with Crippen LogP contribution in [0.3, 0.4) is 0 Å². The van der Waals surface area contributed by atoms with Gasteiger partial charge in [0.05, 0.1) is 0 Å². The molecule has 0 atom stereocenters. The van der Waals surface area contributed by atoms with E-state index in [2.05, 4.69) is 43.4 Å². The predicted octanol–water partition coefficient (Wildman–Crippen LogP) is 2.21. The van der Waals surface area contributed by atoms with Gasteiger partial charge < -0.3 is 11.1 Å². The van der Waals surface area contributed by atoms with E-state index in [1.54, 1.807) is 0 Å². The average molecular weight is 260 g/mol. The number of carbonyl (C=O) groups excluding carboxylic acids is 1. The van der Waals surface area contributed by atoms with Gasteiger partial charge in [0.1, 0.15) is 0 Å². The molecular weight excluding hydrogens is 236 g/mol. The van der Waals surface area contributed by atoms with Gasteiger partial charge in [-0.1, -0.05) is 38.1 Å². The lowest BCUT2D eigenvalue weighted by Gasteiger charge is -2.31. The van der Waals surface area contributed by atoms with Crippen LogP contribution in [0, 0.1) is 5.92 Å². The van der Waals surface area contributed by atoms with Gasteiger partial charge in [0.15, 0.2) is 0 Å². The summed E-state index contributed by atoms with van der Waals surface area (Å²) in [6, 6.07) is 8.89. The Labute approximate surface area is 115 Å². The minimum atomic E-state index is 0.151. The van der Waals surface area contributed by atoms with Crippen LogP contribution in [-0.4, -0.2) is 18.5 Å². The van der Waals surface area contributed by atoms with Gasteiger partial charge in [0, 0.05) is 18.5 Å². The number of amides is 1. The van der Waals surface area contributed by atoms with Gasteiger partial charge in [-0.25, -0.2) is 0 Å². The van der Waals surface area contributed by atoms with Gasteiger partial charge in [-0.2, -0.15) is 0 Å². The summed E-state index contributed by atoms with van der Waals surface area (Å²) in [6.07, 6.45) is 2.58. The average Bonchev–Trinajstić information content (AvgIpc) is 2.35. The first kappa shape index (κ1) is 14.1. The summed E-state index contributed by atoms with van der Waals surface area (Å²) >= 11 is 0. The van der Waals surface area contributed by atoms with E-state index in [9.17, 15) is 4.79 Å². The molecule has 19 heavy (non-hydrogen) atoms. The summed E-state index contributed by atoms with van der Waals surface area (Å²) in [4.78, 5) is 11.7. The zero-order valence-corrected chi connectivity index (χ0v) is 11.9. The summed E-state index contributed by atoms with van der Waals surface area (Å²) in [5.41, 5.74) is 8.32. The van der Waals surface area contributed by atoms with Gasteiger partial charge in [0.25, 0.3) is 0 Å². The molecule has 1 aromatic rings. The Balaban J connectivity index is 1.72. The monoisotopic (exact) mass is 260 g/mol. The molecule has 1 aliphatic rings. The van der Waals surface area contributed by atoms with Crippen molar-refractivity contribution >= 4 is 5.91 Å². The maximum Gasteiger partial charge on any atom is 0.223 e. The van der Waals surface area contributed by atoms with Gasteiger partial charge in [-0.05, 0) is 36.3 Å². The first-order valence-electron chi connectivity index (χ1n) is 7.18. The van der Waals surface area contributed by atoms with Crippen molar-refractivity contribution in [2.24, 2.45) is 11.7 Å². The molecule has 1 aliphatic carbocycles. The second-order valence-corrected chi connectivity index (χ2v) is 5.87. The lowest BCUT2D eigenvalue weighted by atomic mass is 9.80. The highest BCUT2D eigenvalue weighted by atomic mass is 16.1. The van der Waals surface area contributed by atoms with E-state index in [-0.39, 0.29) is 17.9 Å². The molecule has 1 amide bonds. The smallest absolute Gasteiger partial charge is 0.223 e. The van der Waals surface area contributed by atoms with Gasteiger partial charge in [0.2, 0.25) is 5.91 Å². The van der Waals surface area contributed by atoms with Crippen molar-refractivity contribution in [3.05, 3.63) is 35.4 Å². The molecule has 1 saturated carbocycles.